The molecular formula is C21H22BrN5O2S. The van der Waals surface area contributed by atoms with Crippen LogP contribution in [0.2, 0.25) is 0 Å². The van der Waals surface area contributed by atoms with Crippen molar-refractivity contribution in [3.05, 3.63) is 64.9 Å². The quantitative estimate of drug-likeness (QED) is 0.505. The summed E-state index contributed by atoms with van der Waals surface area (Å²) in [5, 5.41) is 13.8. The fraction of sp³-hybridized carbons (Fsp3) is 0.238. The Morgan fingerprint density at radius 2 is 2.00 bits per heavy atom. The van der Waals surface area contributed by atoms with E-state index in [0.717, 1.165) is 11.3 Å². The SMILES string of the molecule is CSCC[C@@H](NC(=O)c1ccccc1Br)C(=O)Nc1cccc(-c2nncn2C)c1. The first-order chi connectivity index (χ1) is 14.5. The van der Waals surface area contributed by atoms with Crippen LogP contribution < -0.4 is 10.6 Å². The Hall–Kier alpha value is -2.65. The molecule has 3 aromatic rings. The maximum absolute atomic E-state index is 13.0. The van der Waals surface area contributed by atoms with Gasteiger partial charge in [0.25, 0.3) is 5.91 Å². The molecule has 0 saturated carbocycles. The van der Waals surface area contributed by atoms with E-state index in [9.17, 15) is 9.59 Å². The molecule has 0 bridgehead atoms. The zero-order chi connectivity index (χ0) is 21.5. The Kier molecular flexibility index (Phi) is 7.64. The van der Waals surface area contributed by atoms with Crippen LogP contribution in [0.1, 0.15) is 16.8 Å². The maximum Gasteiger partial charge on any atom is 0.253 e. The lowest BCUT2D eigenvalue weighted by Crippen LogP contribution is -2.44. The van der Waals surface area contributed by atoms with Crippen LogP contribution in [-0.2, 0) is 11.8 Å². The lowest BCUT2D eigenvalue weighted by Gasteiger charge is -2.19. The van der Waals surface area contributed by atoms with Crippen LogP contribution in [0.4, 0.5) is 5.69 Å². The van der Waals surface area contributed by atoms with E-state index in [4.69, 9.17) is 0 Å². The number of anilines is 1. The minimum absolute atomic E-state index is 0.264. The monoisotopic (exact) mass is 487 g/mol. The molecule has 1 atom stereocenters. The lowest BCUT2D eigenvalue weighted by atomic mass is 10.1. The van der Waals surface area contributed by atoms with Crippen LogP contribution in [0.5, 0.6) is 0 Å². The Balaban J connectivity index is 1.75. The van der Waals surface area contributed by atoms with Crippen LogP contribution >= 0.6 is 27.7 Å². The summed E-state index contributed by atoms with van der Waals surface area (Å²) in [6, 6.07) is 13.9. The van der Waals surface area contributed by atoms with Crippen molar-refractivity contribution in [1.29, 1.82) is 0 Å². The highest BCUT2D eigenvalue weighted by atomic mass is 79.9. The predicted molar refractivity (Wildman–Crippen MR) is 123 cm³/mol. The second kappa shape index (κ2) is 10.4. The van der Waals surface area contributed by atoms with Gasteiger partial charge in [0.05, 0.1) is 5.56 Å². The van der Waals surface area contributed by atoms with Crippen LogP contribution in [0.15, 0.2) is 59.3 Å². The molecule has 2 N–H and O–H groups in total. The summed E-state index contributed by atoms with van der Waals surface area (Å²) >= 11 is 5.01. The van der Waals surface area contributed by atoms with Gasteiger partial charge in [-0.1, -0.05) is 24.3 Å². The number of thioether (sulfide) groups is 1. The number of hydrogen-bond acceptors (Lipinski definition) is 5. The minimum Gasteiger partial charge on any atom is -0.340 e. The topological polar surface area (TPSA) is 88.9 Å². The van der Waals surface area contributed by atoms with Gasteiger partial charge < -0.3 is 15.2 Å². The Bertz CT molecular complexity index is 1040. The third-order valence-corrected chi connectivity index (χ3v) is 5.79. The van der Waals surface area contributed by atoms with Gasteiger partial charge in [-0.15, -0.1) is 10.2 Å². The molecule has 0 aliphatic heterocycles. The van der Waals surface area contributed by atoms with Gasteiger partial charge in [0.1, 0.15) is 12.4 Å². The van der Waals surface area contributed by atoms with Gasteiger partial charge in [0, 0.05) is 22.8 Å². The molecular weight excluding hydrogens is 466 g/mol. The summed E-state index contributed by atoms with van der Waals surface area (Å²) in [4.78, 5) is 25.7. The van der Waals surface area contributed by atoms with Crippen molar-refractivity contribution in [2.24, 2.45) is 7.05 Å². The van der Waals surface area contributed by atoms with E-state index in [0.29, 0.717) is 28.0 Å². The van der Waals surface area contributed by atoms with Crippen molar-refractivity contribution in [3.8, 4) is 11.4 Å². The maximum atomic E-state index is 13.0. The first-order valence-electron chi connectivity index (χ1n) is 9.29. The summed E-state index contributed by atoms with van der Waals surface area (Å²) in [6.07, 6.45) is 4.11. The summed E-state index contributed by atoms with van der Waals surface area (Å²) in [7, 11) is 1.86. The second-order valence-corrected chi connectivity index (χ2v) is 8.46. The first kappa shape index (κ1) is 22.0. The normalized spacial score (nSPS) is 11.7. The number of benzene rings is 2. The summed E-state index contributed by atoms with van der Waals surface area (Å²) in [5.74, 6) is 0.885. The van der Waals surface area contributed by atoms with E-state index in [1.807, 2.05) is 37.6 Å². The number of nitrogens with zero attached hydrogens (tertiary/aromatic N) is 3. The van der Waals surface area contributed by atoms with Gasteiger partial charge in [0.2, 0.25) is 5.91 Å². The molecule has 0 radical (unpaired) electrons. The number of nitrogens with one attached hydrogen (secondary N) is 2. The van der Waals surface area contributed by atoms with Crippen molar-refractivity contribution >= 4 is 45.2 Å². The highest BCUT2D eigenvalue weighted by Gasteiger charge is 2.22. The summed E-state index contributed by atoms with van der Waals surface area (Å²) < 4.78 is 2.49. The Morgan fingerprint density at radius 1 is 1.20 bits per heavy atom. The molecule has 30 heavy (non-hydrogen) atoms. The van der Waals surface area contributed by atoms with Gasteiger partial charge in [-0.25, -0.2) is 0 Å². The minimum atomic E-state index is -0.657. The van der Waals surface area contributed by atoms with Crippen molar-refractivity contribution in [1.82, 2.24) is 20.1 Å². The third kappa shape index (κ3) is 5.48. The van der Waals surface area contributed by atoms with E-state index in [2.05, 4.69) is 36.8 Å². The van der Waals surface area contributed by atoms with E-state index in [1.165, 1.54) is 0 Å². The van der Waals surface area contributed by atoms with E-state index < -0.39 is 6.04 Å². The zero-order valence-corrected chi connectivity index (χ0v) is 19.0. The molecule has 7 nitrogen and oxygen atoms in total. The summed E-state index contributed by atoms with van der Waals surface area (Å²) in [6.45, 7) is 0. The van der Waals surface area contributed by atoms with E-state index in [1.54, 1.807) is 46.9 Å². The molecule has 9 heteroatoms. The predicted octanol–water partition coefficient (Wildman–Crippen LogP) is 3.73. The Morgan fingerprint density at radius 3 is 2.70 bits per heavy atom. The van der Waals surface area contributed by atoms with Gasteiger partial charge in [-0.05, 0) is 58.6 Å². The van der Waals surface area contributed by atoms with Crippen molar-refractivity contribution in [3.63, 3.8) is 0 Å². The van der Waals surface area contributed by atoms with Crippen molar-refractivity contribution in [2.45, 2.75) is 12.5 Å². The molecule has 0 aliphatic rings. The number of aromatic nitrogens is 3. The number of amides is 2. The number of hydrogen-bond donors (Lipinski definition) is 2. The van der Waals surface area contributed by atoms with Gasteiger partial charge >= 0.3 is 0 Å². The molecule has 0 spiro atoms. The molecule has 0 saturated heterocycles. The molecule has 3 rings (SSSR count). The Labute approximate surface area is 187 Å². The average Bonchev–Trinajstić information content (AvgIpc) is 3.17. The standard InChI is InChI=1S/C21H22BrN5O2S/c1-27-13-23-26-19(27)14-6-5-7-15(12-14)24-21(29)18(10-11-30-2)25-20(28)16-8-3-4-9-17(16)22/h3-9,12-13,18H,10-11H2,1-2H3,(H,24,29)(H,25,28)/t18-/m1/s1. The lowest BCUT2D eigenvalue weighted by molar-refractivity contribution is -0.118. The number of aryl methyl sites for hydroxylation is 1. The third-order valence-electron chi connectivity index (χ3n) is 4.45. The first-order valence-corrected chi connectivity index (χ1v) is 11.5. The molecule has 0 unspecified atom stereocenters. The van der Waals surface area contributed by atoms with Crippen LogP contribution in [0.3, 0.4) is 0 Å². The molecule has 1 aromatic heterocycles. The summed E-state index contributed by atoms with van der Waals surface area (Å²) in [5.41, 5.74) is 1.96. The van der Waals surface area contributed by atoms with Crippen LogP contribution in [-0.4, -0.2) is 44.6 Å². The molecule has 0 fully saturated rings. The van der Waals surface area contributed by atoms with Gasteiger partial charge in [-0.2, -0.15) is 11.8 Å². The van der Waals surface area contributed by atoms with Crippen LogP contribution in [0.25, 0.3) is 11.4 Å². The van der Waals surface area contributed by atoms with Gasteiger partial charge in [0.15, 0.2) is 5.82 Å². The average molecular weight is 488 g/mol. The zero-order valence-electron chi connectivity index (χ0n) is 16.6. The highest BCUT2D eigenvalue weighted by molar-refractivity contribution is 9.10. The fourth-order valence-corrected chi connectivity index (χ4v) is 3.83. The van der Waals surface area contributed by atoms with Crippen LogP contribution in [0, 0.1) is 0 Å². The second-order valence-electron chi connectivity index (χ2n) is 6.62. The molecule has 0 aliphatic carbocycles. The van der Waals surface area contributed by atoms with E-state index in [-0.39, 0.29) is 11.8 Å². The molecule has 2 amide bonds. The molecule has 2 aromatic carbocycles. The number of halogens is 1. The molecule has 156 valence electrons. The number of rotatable bonds is 8. The smallest absolute Gasteiger partial charge is 0.253 e. The number of carbonyl (C=O) groups is 2. The van der Waals surface area contributed by atoms with Crippen molar-refractivity contribution < 1.29 is 9.59 Å². The largest absolute Gasteiger partial charge is 0.340 e. The fourth-order valence-electron chi connectivity index (χ4n) is 2.90. The highest BCUT2D eigenvalue weighted by Crippen LogP contribution is 2.21. The van der Waals surface area contributed by atoms with Crippen molar-refractivity contribution in [2.75, 3.05) is 17.3 Å². The molecule has 1 heterocycles. The van der Waals surface area contributed by atoms with Gasteiger partial charge in [-0.3, -0.25) is 9.59 Å². The van der Waals surface area contributed by atoms with E-state index >= 15 is 0 Å². The number of carbonyl (C=O) groups excluding carboxylic acids is 2.